The van der Waals surface area contributed by atoms with Crippen LogP contribution in [0, 0.1) is 0 Å². The van der Waals surface area contributed by atoms with Crippen molar-refractivity contribution in [3.05, 3.63) is 34.9 Å². The van der Waals surface area contributed by atoms with Gasteiger partial charge in [0, 0.05) is 37.7 Å². The summed E-state index contributed by atoms with van der Waals surface area (Å²) >= 11 is 5.88. The lowest BCUT2D eigenvalue weighted by Crippen LogP contribution is -2.45. The number of nitrogens with one attached hydrogen (secondary N) is 1. The van der Waals surface area contributed by atoms with Crippen LogP contribution >= 0.6 is 11.6 Å². The average molecular weight is 267 g/mol. The van der Waals surface area contributed by atoms with Crippen LogP contribution in [0.1, 0.15) is 18.4 Å². The van der Waals surface area contributed by atoms with E-state index in [4.69, 9.17) is 11.6 Å². The molecule has 1 heterocycles. The molecule has 1 aromatic carbocycles. The SMILES string of the molecule is CC(=O)C(CN1CCNCC1)c1ccc(Cl)cc1. The van der Waals surface area contributed by atoms with Crippen LogP contribution in [0.2, 0.25) is 5.02 Å². The van der Waals surface area contributed by atoms with E-state index in [2.05, 4.69) is 10.2 Å². The van der Waals surface area contributed by atoms with E-state index in [1.807, 2.05) is 24.3 Å². The zero-order chi connectivity index (χ0) is 13.0. The Morgan fingerprint density at radius 2 is 1.94 bits per heavy atom. The molecule has 1 aliphatic rings. The van der Waals surface area contributed by atoms with Crippen LogP contribution in [0.4, 0.5) is 0 Å². The molecule has 1 aromatic rings. The lowest BCUT2D eigenvalue weighted by atomic mass is 9.94. The quantitative estimate of drug-likeness (QED) is 0.904. The van der Waals surface area contributed by atoms with Crippen molar-refractivity contribution in [1.82, 2.24) is 10.2 Å². The van der Waals surface area contributed by atoms with Crippen molar-refractivity contribution >= 4 is 17.4 Å². The number of nitrogens with zero attached hydrogens (tertiary/aromatic N) is 1. The van der Waals surface area contributed by atoms with E-state index in [9.17, 15) is 4.79 Å². The molecule has 0 radical (unpaired) electrons. The number of rotatable bonds is 4. The molecule has 1 aliphatic heterocycles. The molecule has 1 N–H and O–H groups in total. The summed E-state index contributed by atoms with van der Waals surface area (Å²) in [5.74, 6) is 0.177. The van der Waals surface area contributed by atoms with Crippen LogP contribution < -0.4 is 5.32 Å². The summed E-state index contributed by atoms with van der Waals surface area (Å²) in [5, 5.41) is 4.03. The van der Waals surface area contributed by atoms with E-state index in [0.29, 0.717) is 5.02 Å². The van der Waals surface area contributed by atoms with Crippen molar-refractivity contribution in [1.29, 1.82) is 0 Å². The molecule has 2 rings (SSSR count). The van der Waals surface area contributed by atoms with Crippen LogP contribution in [0.15, 0.2) is 24.3 Å². The fraction of sp³-hybridized carbons (Fsp3) is 0.500. The highest BCUT2D eigenvalue weighted by Gasteiger charge is 2.21. The minimum atomic E-state index is -0.0413. The Morgan fingerprint density at radius 1 is 1.33 bits per heavy atom. The topological polar surface area (TPSA) is 32.3 Å². The van der Waals surface area contributed by atoms with Crippen LogP contribution in [-0.2, 0) is 4.79 Å². The summed E-state index contributed by atoms with van der Waals surface area (Å²) in [7, 11) is 0. The number of carbonyl (C=O) groups excluding carboxylic acids is 1. The molecule has 0 aromatic heterocycles. The number of hydrogen-bond donors (Lipinski definition) is 1. The van der Waals surface area contributed by atoms with Gasteiger partial charge in [0.15, 0.2) is 0 Å². The molecule has 0 aliphatic carbocycles. The smallest absolute Gasteiger partial charge is 0.138 e. The van der Waals surface area contributed by atoms with Gasteiger partial charge in [-0.25, -0.2) is 0 Å². The fourth-order valence-corrected chi connectivity index (χ4v) is 2.44. The molecule has 1 unspecified atom stereocenters. The van der Waals surface area contributed by atoms with Crippen molar-refractivity contribution in [2.45, 2.75) is 12.8 Å². The lowest BCUT2D eigenvalue weighted by Gasteiger charge is -2.30. The summed E-state index contributed by atoms with van der Waals surface area (Å²) in [5.41, 5.74) is 1.06. The van der Waals surface area contributed by atoms with Crippen LogP contribution in [0.5, 0.6) is 0 Å². The third-order valence-electron chi connectivity index (χ3n) is 3.41. The first-order chi connectivity index (χ1) is 8.66. The largest absolute Gasteiger partial charge is 0.314 e. The van der Waals surface area contributed by atoms with Crippen molar-refractivity contribution < 1.29 is 4.79 Å². The third kappa shape index (κ3) is 3.55. The average Bonchev–Trinajstić information content (AvgIpc) is 2.38. The van der Waals surface area contributed by atoms with E-state index < -0.39 is 0 Å². The van der Waals surface area contributed by atoms with Crippen LogP contribution in [-0.4, -0.2) is 43.4 Å². The first-order valence-corrected chi connectivity index (χ1v) is 6.73. The highest BCUT2D eigenvalue weighted by atomic mass is 35.5. The van der Waals surface area contributed by atoms with Gasteiger partial charge < -0.3 is 5.32 Å². The van der Waals surface area contributed by atoms with Gasteiger partial charge in [0.1, 0.15) is 5.78 Å². The summed E-state index contributed by atoms with van der Waals surface area (Å²) in [6, 6.07) is 7.61. The molecule has 18 heavy (non-hydrogen) atoms. The molecule has 1 fully saturated rings. The Morgan fingerprint density at radius 3 is 2.50 bits per heavy atom. The zero-order valence-electron chi connectivity index (χ0n) is 10.7. The maximum absolute atomic E-state index is 11.8. The van der Waals surface area contributed by atoms with Gasteiger partial charge in [0.05, 0.1) is 5.92 Å². The van der Waals surface area contributed by atoms with E-state index in [1.54, 1.807) is 6.92 Å². The molecule has 4 heteroatoms. The van der Waals surface area contributed by atoms with E-state index in [-0.39, 0.29) is 11.7 Å². The number of piperazine rings is 1. The first-order valence-electron chi connectivity index (χ1n) is 6.36. The van der Waals surface area contributed by atoms with E-state index in [0.717, 1.165) is 38.3 Å². The van der Waals surface area contributed by atoms with Gasteiger partial charge in [0.2, 0.25) is 0 Å². The summed E-state index contributed by atoms with van der Waals surface area (Å²) in [4.78, 5) is 14.2. The van der Waals surface area contributed by atoms with Crippen LogP contribution in [0.25, 0.3) is 0 Å². The Hall–Kier alpha value is -0.900. The molecule has 3 nitrogen and oxygen atoms in total. The second-order valence-electron chi connectivity index (χ2n) is 4.77. The van der Waals surface area contributed by atoms with Gasteiger partial charge in [-0.2, -0.15) is 0 Å². The van der Waals surface area contributed by atoms with Crippen molar-refractivity contribution in [3.8, 4) is 0 Å². The Labute approximate surface area is 113 Å². The molecular formula is C14H19ClN2O. The predicted molar refractivity (Wildman–Crippen MR) is 74.2 cm³/mol. The minimum absolute atomic E-state index is 0.0413. The van der Waals surface area contributed by atoms with Gasteiger partial charge in [-0.05, 0) is 24.6 Å². The number of Topliss-reactive ketones (excluding diaryl/α,β-unsaturated/α-hetero) is 1. The summed E-state index contributed by atoms with van der Waals surface area (Å²) in [6.45, 7) is 6.51. The molecule has 0 bridgehead atoms. The highest BCUT2D eigenvalue weighted by Crippen LogP contribution is 2.21. The number of hydrogen-bond acceptors (Lipinski definition) is 3. The number of ketones is 1. The van der Waals surface area contributed by atoms with Gasteiger partial charge >= 0.3 is 0 Å². The van der Waals surface area contributed by atoms with Gasteiger partial charge in [-0.1, -0.05) is 23.7 Å². The summed E-state index contributed by atoms with van der Waals surface area (Å²) < 4.78 is 0. The van der Waals surface area contributed by atoms with Gasteiger partial charge in [-0.15, -0.1) is 0 Å². The predicted octanol–water partition coefficient (Wildman–Crippen LogP) is 1.92. The first kappa shape index (κ1) is 13.5. The number of halogens is 1. The maximum atomic E-state index is 11.8. The van der Waals surface area contributed by atoms with Crippen LogP contribution in [0.3, 0.4) is 0 Å². The molecule has 1 atom stereocenters. The van der Waals surface area contributed by atoms with Crippen molar-refractivity contribution in [2.75, 3.05) is 32.7 Å². The second kappa shape index (κ2) is 6.32. The molecular weight excluding hydrogens is 248 g/mol. The monoisotopic (exact) mass is 266 g/mol. The normalized spacial score (nSPS) is 18.6. The second-order valence-corrected chi connectivity index (χ2v) is 5.20. The Balaban J connectivity index is 2.07. The van der Waals surface area contributed by atoms with E-state index >= 15 is 0 Å². The van der Waals surface area contributed by atoms with Crippen molar-refractivity contribution in [2.24, 2.45) is 0 Å². The number of benzene rings is 1. The number of carbonyl (C=O) groups is 1. The molecule has 1 saturated heterocycles. The third-order valence-corrected chi connectivity index (χ3v) is 3.67. The molecule has 0 spiro atoms. The minimum Gasteiger partial charge on any atom is -0.314 e. The zero-order valence-corrected chi connectivity index (χ0v) is 11.4. The standard InChI is InChI=1S/C14H19ClN2O/c1-11(18)14(10-17-8-6-16-7-9-17)12-2-4-13(15)5-3-12/h2-5,14,16H,6-10H2,1H3. The van der Waals surface area contributed by atoms with Gasteiger partial charge in [0.25, 0.3) is 0 Å². The van der Waals surface area contributed by atoms with Crippen molar-refractivity contribution in [3.63, 3.8) is 0 Å². The fourth-order valence-electron chi connectivity index (χ4n) is 2.32. The summed E-state index contributed by atoms with van der Waals surface area (Å²) in [6.07, 6.45) is 0. The lowest BCUT2D eigenvalue weighted by molar-refractivity contribution is -0.118. The van der Waals surface area contributed by atoms with Gasteiger partial charge in [-0.3, -0.25) is 9.69 Å². The Kier molecular flexibility index (Phi) is 4.75. The maximum Gasteiger partial charge on any atom is 0.138 e. The molecule has 0 amide bonds. The molecule has 98 valence electrons. The highest BCUT2D eigenvalue weighted by molar-refractivity contribution is 6.30. The van der Waals surface area contributed by atoms with E-state index in [1.165, 1.54) is 0 Å². The molecule has 0 saturated carbocycles. The Bertz CT molecular complexity index is 399.